The van der Waals surface area contributed by atoms with Crippen molar-refractivity contribution in [3.8, 4) is 0 Å². The number of aromatic nitrogens is 2. The molecule has 0 aromatic carbocycles. The van der Waals surface area contributed by atoms with Crippen LogP contribution in [-0.2, 0) is 4.79 Å². The van der Waals surface area contributed by atoms with Crippen LogP contribution < -0.4 is 5.32 Å². The highest BCUT2D eigenvalue weighted by molar-refractivity contribution is 7.16. The Morgan fingerprint density at radius 2 is 2.28 bits per heavy atom. The summed E-state index contributed by atoms with van der Waals surface area (Å²) in [5, 5.41) is 7.01. The predicted molar refractivity (Wildman–Crippen MR) is 72.8 cm³/mol. The molecule has 0 fully saturated rings. The van der Waals surface area contributed by atoms with Crippen molar-refractivity contribution in [3.63, 3.8) is 0 Å². The lowest BCUT2D eigenvalue weighted by Crippen LogP contribution is -2.32. The lowest BCUT2D eigenvalue weighted by atomic mass is 10.2. The van der Waals surface area contributed by atoms with E-state index in [1.807, 2.05) is 26.0 Å². The normalized spacial score (nSPS) is 14.2. The molecular weight excluding hydrogens is 270 g/mol. The van der Waals surface area contributed by atoms with E-state index in [9.17, 15) is 4.79 Å². The molecule has 0 aliphatic heterocycles. The molecule has 0 saturated heterocycles. The summed E-state index contributed by atoms with van der Waals surface area (Å²) < 4.78 is 2.36. The first kappa shape index (κ1) is 13.1. The van der Waals surface area contributed by atoms with Gasteiger partial charge >= 0.3 is 0 Å². The molecule has 0 radical (unpaired) electrons. The minimum absolute atomic E-state index is 0.0481. The first-order valence-corrected chi connectivity index (χ1v) is 6.82. The summed E-state index contributed by atoms with van der Waals surface area (Å²) in [5.74, 6) is -0.0595. The van der Waals surface area contributed by atoms with Gasteiger partial charge in [-0.1, -0.05) is 11.6 Å². The fourth-order valence-electron chi connectivity index (χ4n) is 1.60. The fourth-order valence-corrected chi connectivity index (χ4v) is 2.66. The fraction of sp³-hybridized carbons (Fsp3) is 0.333. The Morgan fingerprint density at radius 3 is 2.83 bits per heavy atom. The Bertz CT molecular complexity index is 523. The van der Waals surface area contributed by atoms with Crippen molar-refractivity contribution in [3.05, 3.63) is 39.8 Å². The van der Waals surface area contributed by atoms with E-state index in [1.165, 1.54) is 11.3 Å². The van der Waals surface area contributed by atoms with Gasteiger partial charge in [0.05, 0.1) is 10.4 Å². The summed E-state index contributed by atoms with van der Waals surface area (Å²) in [6, 6.07) is 5.19. The second-order valence-electron chi connectivity index (χ2n) is 4.03. The van der Waals surface area contributed by atoms with Gasteiger partial charge < -0.3 is 5.32 Å². The van der Waals surface area contributed by atoms with Crippen LogP contribution in [0.1, 0.15) is 30.8 Å². The van der Waals surface area contributed by atoms with Gasteiger partial charge in [0.1, 0.15) is 6.04 Å². The van der Waals surface area contributed by atoms with Crippen molar-refractivity contribution in [2.24, 2.45) is 0 Å². The van der Waals surface area contributed by atoms with E-state index in [-0.39, 0.29) is 18.0 Å². The molecule has 2 heterocycles. The van der Waals surface area contributed by atoms with Gasteiger partial charge in [0.15, 0.2) is 0 Å². The molecule has 2 aromatic heterocycles. The van der Waals surface area contributed by atoms with Crippen LogP contribution in [0.25, 0.3) is 0 Å². The largest absolute Gasteiger partial charge is 0.347 e. The van der Waals surface area contributed by atoms with E-state index >= 15 is 0 Å². The summed E-state index contributed by atoms with van der Waals surface area (Å²) >= 11 is 7.35. The van der Waals surface area contributed by atoms with E-state index in [1.54, 1.807) is 23.1 Å². The zero-order valence-electron chi connectivity index (χ0n) is 10.1. The zero-order chi connectivity index (χ0) is 13.1. The Labute approximate surface area is 115 Å². The second-order valence-corrected chi connectivity index (χ2v) is 5.78. The number of thiophene rings is 1. The van der Waals surface area contributed by atoms with Crippen LogP contribution in [0.2, 0.25) is 4.34 Å². The van der Waals surface area contributed by atoms with Crippen molar-refractivity contribution >= 4 is 28.8 Å². The standard InChI is InChI=1S/C12H14ClN3OS/c1-8(10-4-5-11(13)18-10)15-12(17)9(2)16-7-3-6-14-16/h3-9H,1-2H3,(H,15,17). The molecule has 0 aliphatic rings. The third-order valence-electron chi connectivity index (χ3n) is 2.68. The molecular formula is C12H14ClN3OS. The number of halogens is 1. The molecule has 18 heavy (non-hydrogen) atoms. The Kier molecular flexibility index (Phi) is 4.04. The van der Waals surface area contributed by atoms with E-state index in [4.69, 9.17) is 11.6 Å². The van der Waals surface area contributed by atoms with Gasteiger partial charge in [-0.15, -0.1) is 11.3 Å². The minimum atomic E-state index is -0.321. The molecule has 0 saturated carbocycles. The first-order chi connectivity index (χ1) is 8.58. The molecule has 96 valence electrons. The number of carbonyl (C=O) groups excluding carboxylic acids is 1. The van der Waals surface area contributed by atoms with E-state index in [2.05, 4.69) is 10.4 Å². The summed E-state index contributed by atoms with van der Waals surface area (Å²) in [6.07, 6.45) is 3.43. The van der Waals surface area contributed by atoms with Gasteiger partial charge in [0.25, 0.3) is 0 Å². The van der Waals surface area contributed by atoms with Crippen molar-refractivity contribution in [2.45, 2.75) is 25.9 Å². The molecule has 2 atom stereocenters. The molecule has 1 amide bonds. The van der Waals surface area contributed by atoms with Crippen molar-refractivity contribution in [1.29, 1.82) is 0 Å². The Hall–Kier alpha value is -1.33. The van der Waals surface area contributed by atoms with Crippen molar-refractivity contribution in [1.82, 2.24) is 15.1 Å². The van der Waals surface area contributed by atoms with Gasteiger partial charge in [-0.05, 0) is 32.0 Å². The van der Waals surface area contributed by atoms with Gasteiger partial charge in [-0.3, -0.25) is 9.48 Å². The van der Waals surface area contributed by atoms with Crippen molar-refractivity contribution < 1.29 is 4.79 Å². The monoisotopic (exact) mass is 283 g/mol. The number of amides is 1. The molecule has 2 unspecified atom stereocenters. The zero-order valence-corrected chi connectivity index (χ0v) is 11.7. The molecule has 0 spiro atoms. The third-order valence-corrected chi connectivity index (χ3v) is 4.09. The smallest absolute Gasteiger partial charge is 0.245 e. The molecule has 4 nitrogen and oxygen atoms in total. The van der Waals surface area contributed by atoms with Gasteiger partial charge in [-0.2, -0.15) is 5.10 Å². The lowest BCUT2D eigenvalue weighted by molar-refractivity contribution is -0.124. The number of nitrogens with one attached hydrogen (secondary N) is 1. The number of nitrogens with zero attached hydrogens (tertiary/aromatic N) is 2. The topological polar surface area (TPSA) is 46.9 Å². The minimum Gasteiger partial charge on any atom is -0.347 e. The van der Waals surface area contributed by atoms with Crippen LogP contribution >= 0.6 is 22.9 Å². The van der Waals surface area contributed by atoms with E-state index in [0.29, 0.717) is 0 Å². The van der Waals surface area contributed by atoms with Crippen LogP contribution in [-0.4, -0.2) is 15.7 Å². The Morgan fingerprint density at radius 1 is 1.50 bits per heavy atom. The van der Waals surface area contributed by atoms with Gasteiger partial charge in [0, 0.05) is 17.3 Å². The van der Waals surface area contributed by atoms with Crippen LogP contribution in [0.3, 0.4) is 0 Å². The van der Waals surface area contributed by atoms with Crippen LogP contribution in [0.15, 0.2) is 30.6 Å². The molecule has 6 heteroatoms. The summed E-state index contributed by atoms with van der Waals surface area (Å²) in [5.41, 5.74) is 0. The summed E-state index contributed by atoms with van der Waals surface area (Å²) in [4.78, 5) is 13.1. The number of carbonyl (C=O) groups is 1. The summed E-state index contributed by atoms with van der Waals surface area (Å²) in [6.45, 7) is 3.76. The highest BCUT2D eigenvalue weighted by Gasteiger charge is 2.18. The second kappa shape index (κ2) is 5.54. The highest BCUT2D eigenvalue weighted by atomic mass is 35.5. The molecule has 0 aliphatic carbocycles. The molecule has 2 rings (SSSR count). The highest BCUT2D eigenvalue weighted by Crippen LogP contribution is 2.26. The maximum absolute atomic E-state index is 12.0. The van der Waals surface area contributed by atoms with Gasteiger partial charge in [0.2, 0.25) is 5.91 Å². The van der Waals surface area contributed by atoms with E-state index in [0.717, 1.165) is 9.21 Å². The molecule has 1 N–H and O–H groups in total. The quantitative estimate of drug-likeness (QED) is 0.937. The predicted octanol–water partition coefficient (Wildman–Crippen LogP) is 3.04. The lowest BCUT2D eigenvalue weighted by Gasteiger charge is -2.16. The first-order valence-electron chi connectivity index (χ1n) is 5.62. The summed E-state index contributed by atoms with van der Waals surface area (Å²) in [7, 11) is 0. The Balaban J connectivity index is 1.99. The van der Waals surface area contributed by atoms with Crippen LogP contribution in [0.5, 0.6) is 0 Å². The van der Waals surface area contributed by atoms with E-state index < -0.39 is 0 Å². The van der Waals surface area contributed by atoms with Crippen LogP contribution in [0, 0.1) is 0 Å². The molecule has 2 aromatic rings. The number of hydrogen-bond acceptors (Lipinski definition) is 3. The average molecular weight is 284 g/mol. The third kappa shape index (κ3) is 2.91. The SMILES string of the molecule is CC(NC(=O)C(C)n1cccn1)c1ccc(Cl)s1. The maximum Gasteiger partial charge on any atom is 0.245 e. The average Bonchev–Trinajstić information content (AvgIpc) is 2.98. The maximum atomic E-state index is 12.0. The number of hydrogen-bond donors (Lipinski definition) is 1. The van der Waals surface area contributed by atoms with Gasteiger partial charge in [-0.25, -0.2) is 0 Å². The van der Waals surface area contributed by atoms with Crippen molar-refractivity contribution in [2.75, 3.05) is 0 Å². The van der Waals surface area contributed by atoms with Crippen LogP contribution in [0.4, 0.5) is 0 Å². The number of rotatable bonds is 4. The molecule has 0 bridgehead atoms.